The lowest BCUT2D eigenvalue weighted by atomic mass is 10.1. The number of halogens is 1. The summed E-state index contributed by atoms with van der Waals surface area (Å²) in [4.78, 5) is 13.0. The molecule has 0 aliphatic heterocycles. The average Bonchev–Trinajstić information content (AvgIpc) is 2.84. The number of nitriles is 1. The quantitative estimate of drug-likeness (QED) is 0.186. The number of nitrogens with zero attached hydrogens (tertiary/aromatic N) is 1. The summed E-state index contributed by atoms with van der Waals surface area (Å²) in [5.74, 6) is 1.02. The molecule has 33 heavy (non-hydrogen) atoms. The fraction of sp³-hybridized carbons (Fsp3) is 0.154. The van der Waals surface area contributed by atoms with Crippen molar-refractivity contribution in [1.29, 1.82) is 5.26 Å². The van der Waals surface area contributed by atoms with E-state index in [4.69, 9.17) is 9.47 Å². The van der Waals surface area contributed by atoms with Gasteiger partial charge in [-0.05, 0) is 70.4 Å². The van der Waals surface area contributed by atoms with Crippen molar-refractivity contribution in [1.82, 2.24) is 0 Å². The van der Waals surface area contributed by atoms with Gasteiger partial charge >= 0.3 is 5.97 Å². The summed E-state index contributed by atoms with van der Waals surface area (Å²) in [6.45, 7) is 2.08. The number of ether oxygens (including phenoxy) is 2. The van der Waals surface area contributed by atoms with Gasteiger partial charge in [-0.25, -0.2) is 4.79 Å². The van der Waals surface area contributed by atoms with Crippen LogP contribution in [0.2, 0.25) is 0 Å². The number of thioether (sulfide) groups is 1. The Labute approximate surface area is 206 Å². The zero-order valence-electron chi connectivity index (χ0n) is 18.3. The predicted octanol–water partition coefficient (Wildman–Crippen LogP) is 6.94. The summed E-state index contributed by atoms with van der Waals surface area (Å²) in [5.41, 5.74) is 3.94. The van der Waals surface area contributed by atoms with E-state index in [1.165, 1.54) is 11.6 Å². The molecule has 0 fully saturated rings. The van der Waals surface area contributed by atoms with Gasteiger partial charge in [-0.3, -0.25) is 0 Å². The van der Waals surface area contributed by atoms with Gasteiger partial charge in [-0.2, -0.15) is 5.26 Å². The maximum absolute atomic E-state index is 11.9. The summed E-state index contributed by atoms with van der Waals surface area (Å²) in [7, 11) is 1.57. The minimum Gasteiger partial charge on any atom is -0.495 e. The number of esters is 1. The second-order valence-electron chi connectivity index (χ2n) is 6.88. The van der Waals surface area contributed by atoms with Crippen molar-refractivity contribution in [2.24, 2.45) is 0 Å². The first-order valence-corrected chi connectivity index (χ1v) is 12.0. The van der Waals surface area contributed by atoms with Crippen LogP contribution in [0.1, 0.15) is 23.6 Å². The van der Waals surface area contributed by atoms with Crippen molar-refractivity contribution >= 4 is 51.1 Å². The number of carbonyl (C=O) groups is 1. The Morgan fingerprint density at radius 1 is 1.15 bits per heavy atom. The number of hydrogen-bond donors (Lipinski definition) is 1. The summed E-state index contributed by atoms with van der Waals surface area (Å²) in [6, 6.07) is 21.9. The van der Waals surface area contributed by atoms with Crippen molar-refractivity contribution in [2.45, 2.75) is 17.6 Å². The molecule has 7 heteroatoms. The van der Waals surface area contributed by atoms with Gasteiger partial charge in [0.15, 0.2) is 0 Å². The molecule has 1 N–H and O–H groups in total. The van der Waals surface area contributed by atoms with Gasteiger partial charge in [0.25, 0.3) is 0 Å². The van der Waals surface area contributed by atoms with Crippen molar-refractivity contribution in [3.8, 4) is 11.8 Å². The van der Waals surface area contributed by atoms with Crippen molar-refractivity contribution in [2.75, 3.05) is 19.0 Å². The molecule has 0 amide bonds. The van der Waals surface area contributed by atoms with Crippen LogP contribution in [0.3, 0.4) is 0 Å². The van der Waals surface area contributed by atoms with Gasteiger partial charge in [-0.15, -0.1) is 11.8 Å². The van der Waals surface area contributed by atoms with Crippen LogP contribution in [0.15, 0.2) is 76.1 Å². The molecule has 0 aromatic heterocycles. The van der Waals surface area contributed by atoms with Gasteiger partial charge in [0.1, 0.15) is 11.8 Å². The van der Waals surface area contributed by atoms with E-state index in [9.17, 15) is 10.1 Å². The number of anilines is 2. The number of nitrogens with one attached hydrogen (secondary N) is 1. The molecule has 0 heterocycles. The molecular formula is C26H23BrN2O3S. The third-order valence-corrected chi connectivity index (χ3v) is 6.36. The highest BCUT2D eigenvalue weighted by molar-refractivity contribution is 9.10. The summed E-state index contributed by atoms with van der Waals surface area (Å²) >= 11 is 5.10. The van der Waals surface area contributed by atoms with E-state index in [0.717, 1.165) is 21.9 Å². The molecule has 0 aliphatic rings. The first-order chi connectivity index (χ1) is 16.0. The summed E-state index contributed by atoms with van der Waals surface area (Å²) in [5, 5.41) is 12.7. The van der Waals surface area contributed by atoms with Crippen LogP contribution in [-0.2, 0) is 15.3 Å². The van der Waals surface area contributed by atoms with E-state index in [0.29, 0.717) is 28.1 Å². The molecule has 168 valence electrons. The summed E-state index contributed by atoms with van der Waals surface area (Å²) < 4.78 is 11.2. The third kappa shape index (κ3) is 6.88. The Bertz CT molecular complexity index is 1190. The second-order valence-corrected chi connectivity index (χ2v) is 8.78. The fourth-order valence-electron chi connectivity index (χ4n) is 3.02. The Balaban J connectivity index is 1.93. The largest absolute Gasteiger partial charge is 0.495 e. The average molecular weight is 523 g/mol. The van der Waals surface area contributed by atoms with Crippen molar-refractivity contribution < 1.29 is 14.3 Å². The summed E-state index contributed by atoms with van der Waals surface area (Å²) in [6.07, 6.45) is 3.14. The first-order valence-electron chi connectivity index (χ1n) is 10.2. The number of methoxy groups -OCH3 is 1. The topological polar surface area (TPSA) is 71.3 Å². The lowest BCUT2D eigenvalue weighted by Gasteiger charge is -2.15. The highest BCUT2D eigenvalue weighted by Gasteiger charge is 2.12. The minimum absolute atomic E-state index is 0.314. The number of hydrogen-bond acceptors (Lipinski definition) is 6. The Morgan fingerprint density at radius 3 is 2.64 bits per heavy atom. The molecule has 0 bridgehead atoms. The van der Waals surface area contributed by atoms with Gasteiger partial charge < -0.3 is 14.8 Å². The van der Waals surface area contributed by atoms with Gasteiger partial charge in [0, 0.05) is 26.9 Å². The highest BCUT2D eigenvalue weighted by atomic mass is 79.9. The van der Waals surface area contributed by atoms with Crippen LogP contribution in [0.4, 0.5) is 11.4 Å². The van der Waals surface area contributed by atoms with Gasteiger partial charge in [0.2, 0.25) is 0 Å². The van der Waals surface area contributed by atoms with E-state index < -0.39 is 5.97 Å². The lowest BCUT2D eigenvalue weighted by Crippen LogP contribution is -2.00. The highest BCUT2D eigenvalue weighted by Crippen LogP contribution is 2.36. The van der Waals surface area contributed by atoms with E-state index in [1.54, 1.807) is 44.0 Å². The minimum atomic E-state index is -0.404. The zero-order chi connectivity index (χ0) is 23.6. The molecule has 0 saturated carbocycles. The van der Waals surface area contributed by atoms with Crippen LogP contribution in [0.25, 0.3) is 6.08 Å². The smallest absolute Gasteiger partial charge is 0.330 e. The van der Waals surface area contributed by atoms with E-state index in [2.05, 4.69) is 39.4 Å². The molecule has 0 unspecified atom stereocenters. The van der Waals surface area contributed by atoms with Crippen molar-refractivity contribution in [3.63, 3.8) is 0 Å². The number of carbonyl (C=O) groups excluding carboxylic acids is 1. The molecule has 0 spiro atoms. The molecule has 0 aliphatic carbocycles. The van der Waals surface area contributed by atoms with Crippen LogP contribution in [0.5, 0.6) is 5.75 Å². The predicted molar refractivity (Wildman–Crippen MR) is 137 cm³/mol. The standard InChI is InChI=1S/C26H23BrN2O3S/c1-3-32-26(30)12-9-19-13-21(33-17-18-7-5-4-6-8-18)10-11-23(19)29-24-14-20(16-28)22(27)15-25(24)31-2/h4-15,29H,3,17H2,1-2H3/b12-9+. The van der Waals surface area contributed by atoms with Crippen LogP contribution < -0.4 is 10.1 Å². The van der Waals surface area contributed by atoms with Gasteiger partial charge in [0.05, 0.1) is 25.0 Å². The monoisotopic (exact) mass is 522 g/mol. The lowest BCUT2D eigenvalue weighted by molar-refractivity contribution is -0.137. The van der Waals surface area contributed by atoms with E-state index in [-0.39, 0.29) is 0 Å². The maximum Gasteiger partial charge on any atom is 0.330 e. The first kappa shape index (κ1) is 24.4. The van der Waals surface area contributed by atoms with Gasteiger partial charge in [-0.1, -0.05) is 30.3 Å². The van der Waals surface area contributed by atoms with Crippen molar-refractivity contribution in [3.05, 3.63) is 87.9 Å². The number of benzene rings is 3. The fourth-order valence-corrected chi connectivity index (χ4v) is 4.34. The molecule has 0 atom stereocenters. The Morgan fingerprint density at radius 2 is 1.94 bits per heavy atom. The van der Waals surface area contributed by atoms with Crippen LogP contribution in [0, 0.1) is 11.3 Å². The van der Waals surface area contributed by atoms with Crippen LogP contribution >= 0.6 is 27.7 Å². The zero-order valence-corrected chi connectivity index (χ0v) is 20.7. The second kappa shape index (κ2) is 12.1. The Hall–Kier alpha value is -3.21. The Kier molecular flexibility index (Phi) is 8.99. The van der Waals surface area contributed by atoms with Crippen LogP contribution in [-0.4, -0.2) is 19.7 Å². The molecular weight excluding hydrogens is 500 g/mol. The molecule has 5 nitrogen and oxygen atoms in total. The maximum atomic E-state index is 11.9. The van der Waals surface area contributed by atoms with E-state index >= 15 is 0 Å². The SMILES string of the molecule is CCOC(=O)/C=C/c1cc(SCc2ccccc2)ccc1Nc1cc(C#N)c(Br)cc1OC. The molecule has 0 radical (unpaired) electrons. The van der Waals surface area contributed by atoms with E-state index in [1.807, 2.05) is 36.4 Å². The number of rotatable bonds is 9. The normalized spacial score (nSPS) is 10.6. The molecule has 3 aromatic rings. The molecule has 0 saturated heterocycles. The molecule has 3 rings (SSSR count). The third-order valence-electron chi connectivity index (χ3n) is 4.64. The molecule has 3 aromatic carbocycles.